The molecule has 0 unspecified atom stereocenters. The van der Waals surface area contributed by atoms with Gasteiger partial charge in [0.1, 0.15) is 0 Å². The van der Waals surface area contributed by atoms with Crippen molar-refractivity contribution in [2.45, 2.75) is 44.4 Å². The van der Waals surface area contributed by atoms with E-state index in [1.165, 1.54) is 37.1 Å². The van der Waals surface area contributed by atoms with Crippen molar-refractivity contribution in [2.75, 3.05) is 39.3 Å². The maximum atomic E-state index is 6.26. The van der Waals surface area contributed by atoms with Crippen LogP contribution in [0.25, 0.3) is 0 Å². The molecule has 2 fully saturated rings. The monoisotopic (exact) mass is 526 g/mol. The molecule has 0 spiro atoms. The first kappa shape index (κ1) is 26.9. The van der Waals surface area contributed by atoms with Gasteiger partial charge in [0, 0.05) is 6.54 Å². The minimum atomic E-state index is 0.544. The highest BCUT2D eigenvalue weighted by Crippen LogP contribution is 2.37. The van der Waals surface area contributed by atoms with E-state index in [9.17, 15) is 0 Å². The zero-order valence-corrected chi connectivity index (χ0v) is 22.4. The molecule has 0 bridgehead atoms. The number of piperidine rings is 2. The highest BCUT2D eigenvalue weighted by Gasteiger charge is 2.23. The van der Waals surface area contributed by atoms with Crippen LogP contribution in [0.15, 0.2) is 49.1 Å². The van der Waals surface area contributed by atoms with E-state index in [0.717, 1.165) is 49.1 Å². The molecule has 2 saturated heterocycles. The van der Waals surface area contributed by atoms with Gasteiger partial charge in [0.2, 0.25) is 0 Å². The van der Waals surface area contributed by atoms with E-state index in [1.54, 1.807) is 0 Å². The molecule has 0 amide bonds. The summed E-state index contributed by atoms with van der Waals surface area (Å²) >= 11 is 24.6. The fraction of sp³-hybridized carbons (Fsp3) is 0.481. The largest absolute Gasteiger partial charge is 0.304 e. The summed E-state index contributed by atoms with van der Waals surface area (Å²) in [6.07, 6.45) is 6.64. The maximum Gasteiger partial charge on any atom is 0.0627 e. The van der Waals surface area contributed by atoms with Gasteiger partial charge >= 0.3 is 0 Å². The van der Waals surface area contributed by atoms with Crippen LogP contribution in [0.3, 0.4) is 0 Å². The van der Waals surface area contributed by atoms with E-state index in [0.29, 0.717) is 21.9 Å². The van der Waals surface area contributed by atoms with Gasteiger partial charge in [-0.25, -0.2) is 0 Å². The molecule has 2 aliphatic rings. The summed E-state index contributed by atoms with van der Waals surface area (Å²) in [5, 5.41) is 2.82. The fourth-order valence-electron chi connectivity index (χ4n) is 4.84. The Bertz CT molecular complexity index is 901. The molecule has 0 radical (unpaired) electrons. The molecule has 2 nitrogen and oxygen atoms in total. The van der Waals surface area contributed by atoms with E-state index >= 15 is 0 Å². The molecule has 33 heavy (non-hydrogen) atoms. The average Bonchev–Trinajstić information content (AvgIpc) is 2.84. The van der Waals surface area contributed by atoms with Crippen LogP contribution in [0.1, 0.15) is 55.6 Å². The van der Waals surface area contributed by atoms with Crippen LogP contribution in [0.2, 0.25) is 20.1 Å². The lowest BCUT2D eigenvalue weighted by atomic mass is 9.89. The number of hydrogen-bond acceptors (Lipinski definition) is 2. The van der Waals surface area contributed by atoms with E-state index in [-0.39, 0.29) is 0 Å². The highest BCUT2D eigenvalue weighted by atomic mass is 35.5. The number of rotatable bonds is 5. The smallest absolute Gasteiger partial charge is 0.0627 e. The van der Waals surface area contributed by atoms with Crippen LogP contribution in [-0.4, -0.2) is 49.1 Å². The summed E-state index contributed by atoms with van der Waals surface area (Å²) < 4.78 is 0. The summed E-state index contributed by atoms with van der Waals surface area (Å²) in [5.41, 5.74) is 2.43. The molecule has 0 atom stereocenters. The third kappa shape index (κ3) is 7.37. The summed E-state index contributed by atoms with van der Waals surface area (Å²) in [5.74, 6) is 1.12. The van der Waals surface area contributed by atoms with Gasteiger partial charge in [0.15, 0.2) is 0 Å². The van der Waals surface area contributed by atoms with Gasteiger partial charge in [-0.05, 0) is 93.5 Å². The molecule has 180 valence electrons. The normalized spacial score (nSPS) is 18.6. The first-order chi connectivity index (χ1) is 15.9. The van der Waals surface area contributed by atoms with Crippen molar-refractivity contribution in [3.63, 3.8) is 0 Å². The van der Waals surface area contributed by atoms with Gasteiger partial charge in [-0.1, -0.05) is 83.7 Å². The first-order valence-corrected chi connectivity index (χ1v) is 13.4. The minimum absolute atomic E-state index is 0.544. The van der Waals surface area contributed by atoms with Crippen molar-refractivity contribution >= 4 is 46.4 Å². The van der Waals surface area contributed by atoms with Gasteiger partial charge in [-0.2, -0.15) is 0 Å². The molecule has 0 N–H and O–H groups in total. The summed E-state index contributed by atoms with van der Waals surface area (Å²) in [6, 6.07) is 11.9. The molecule has 2 heterocycles. The Morgan fingerprint density at radius 3 is 1.58 bits per heavy atom. The van der Waals surface area contributed by atoms with Crippen molar-refractivity contribution in [2.24, 2.45) is 0 Å². The van der Waals surface area contributed by atoms with Crippen molar-refractivity contribution < 1.29 is 0 Å². The van der Waals surface area contributed by atoms with E-state index in [4.69, 9.17) is 46.4 Å². The Morgan fingerprint density at radius 2 is 1.18 bits per heavy atom. The van der Waals surface area contributed by atoms with Crippen LogP contribution in [0, 0.1) is 0 Å². The van der Waals surface area contributed by atoms with Crippen molar-refractivity contribution in [1.29, 1.82) is 0 Å². The van der Waals surface area contributed by atoms with Crippen LogP contribution >= 0.6 is 46.4 Å². The molecule has 2 aromatic rings. The van der Waals surface area contributed by atoms with Crippen LogP contribution in [0.5, 0.6) is 0 Å². The second-order valence-electron chi connectivity index (χ2n) is 8.86. The molecular weight excluding hydrogens is 494 g/mol. The van der Waals surface area contributed by atoms with Crippen molar-refractivity contribution in [3.05, 3.63) is 80.3 Å². The van der Waals surface area contributed by atoms with Crippen LogP contribution in [0.4, 0.5) is 0 Å². The first-order valence-electron chi connectivity index (χ1n) is 11.9. The van der Waals surface area contributed by atoms with E-state index < -0.39 is 0 Å². The zero-order valence-electron chi connectivity index (χ0n) is 19.4. The predicted molar refractivity (Wildman–Crippen MR) is 146 cm³/mol. The van der Waals surface area contributed by atoms with Gasteiger partial charge in [-0.15, -0.1) is 6.58 Å². The van der Waals surface area contributed by atoms with Gasteiger partial charge < -0.3 is 4.90 Å². The molecule has 6 heteroatoms. The number of nitrogens with zero attached hydrogens (tertiary/aromatic N) is 2. The molecule has 2 aromatic carbocycles. The van der Waals surface area contributed by atoms with E-state index in [1.807, 2.05) is 30.3 Å². The maximum absolute atomic E-state index is 6.26. The lowest BCUT2D eigenvalue weighted by Crippen LogP contribution is -2.33. The number of benzene rings is 2. The van der Waals surface area contributed by atoms with E-state index in [2.05, 4.69) is 35.4 Å². The van der Waals surface area contributed by atoms with Gasteiger partial charge in [0.05, 0.1) is 20.1 Å². The van der Waals surface area contributed by atoms with Crippen LogP contribution < -0.4 is 0 Å². The van der Waals surface area contributed by atoms with Crippen molar-refractivity contribution in [1.82, 2.24) is 9.80 Å². The summed E-state index contributed by atoms with van der Waals surface area (Å²) in [4.78, 5) is 4.90. The lowest BCUT2D eigenvalue weighted by Gasteiger charge is -2.31. The Balaban J connectivity index is 0.000000186. The summed E-state index contributed by atoms with van der Waals surface area (Å²) in [6.45, 7) is 12.7. The van der Waals surface area contributed by atoms with Gasteiger partial charge in [0.25, 0.3) is 0 Å². The standard InChI is InChI=1S/C14H17Cl2N.C13H17Cl2N/c1-2-8-17-9-6-11(7-10-17)12-4-3-5-13(15)14(12)16;1-2-16-8-6-10(7-9-16)11-4-3-5-12(14)13(11)15/h2-5,11H,1,6-10H2;3-5,10H,2,6-9H2,1H3. The third-order valence-electron chi connectivity index (χ3n) is 6.85. The van der Waals surface area contributed by atoms with Crippen LogP contribution in [-0.2, 0) is 0 Å². The topological polar surface area (TPSA) is 6.48 Å². The molecule has 0 saturated carbocycles. The molecule has 0 aliphatic carbocycles. The highest BCUT2D eigenvalue weighted by molar-refractivity contribution is 6.43. The second-order valence-corrected chi connectivity index (χ2v) is 10.4. The Labute approximate surface area is 219 Å². The molecule has 2 aliphatic heterocycles. The minimum Gasteiger partial charge on any atom is -0.304 e. The SMILES string of the molecule is C=CCN1CCC(c2cccc(Cl)c2Cl)CC1.CCN1CCC(c2cccc(Cl)c2Cl)CC1. The molecule has 0 aromatic heterocycles. The fourth-order valence-corrected chi connectivity index (χ4v) is 5.77. The third-order valence-corrected chi connectivity index (χ3v) is 8.52. The summed E-state index contributed by atoms with van der Waals surface area (Å²) in [7, 11) is 0. The lowest BCUT2D eigenvalue weighted by molar-refractivity contribution is 0.222. The molecule has 4 rings (SSSR count). The van der Waals surface area contributed by atoms with Crippen molar-refractivity contribution in [3.8, 4) is 0 Å². The predicted octanol–water partition coefficient (Wildman–Crippen LogP) is 8.55. The Morgan fingerprint density at radius 1 is 0.758 bits per heavy atom. The zero-order chi connectivity index (χ0) is 23.8. The molecular formula is C27H34Cl4N2. The number of hydrogen-bond donors (Lipinski definition) is 0. The Kier molecular flexibility index (Phi) is 10.9. The number of halogens is 4. The number of likely N-dealkylation sites (tertiary alicyclic amines) is 2. The quantitative estimate of drug-likeness (QED) is 0.359. The average molecular weight is 528 g/mol. The second kappa shape index (κ2) is 13.4. The Hall–Kier alpha value is -0.740. The van der Waals surface area contributed by atoms with Gasteiger partial charge in [-0.3, -0.25) is 4.90 Å².